The lowest BCUT2D eigenvalue weighted by Gasteiger charge is -2.35. The minimum atomic E-state index is -0.126. The predicted octanol–water partition coefficient (Wildman–Crippen LogP) is 1.82. The van der Waals surface area contributed by atoms with Gasteiger partial charge in [-0.2, -0.15) is 0 Å². The van der Waals surface area contributed by atoms with Crippen molar-refractivity contribution in [3.63, 3.8) is 0 Å². The number of rotatable bonds is 4. The first-order valence-corrected chi connectivity index (χ1v) is 5.08. The minimum Gasteiger partial charge on any atom is -0.467 e. The fraction of sp³-hybridized carbons (Fsp3) is 0.636. The third-order valence-electron chi connectivity index (χ3n) is 2.86. The lowest BCUT2D eigenvalue weighted by atomic mass is 10.0. The van der Waals surface area contributed by atoms with Crippen LogP contribution < -0.4 is 5.73 Å². The van der Waals surface area contributed by atoms with Gasteiger partial charge in [0.1, 0.15) is 5.76 Å². The van der Waals surface area contributed by atoms with E-state index in [-0.39, 0.29) is 5.54 Å². The van der Waals surface area contributed by atoms with Crippen LogP contribution in [0.2, 0.25) is 0 Å². The molecule has 0 saturated carbocycles. The number of likely N-dealkylation sites (tertiary alicyclic amines) is 1. The van der Waals surface area contributed by atoms with E-state index in [0.29, 0.717) is 0 Å². The van der Waals surface area contributed by atoms with E-state index >= 15 is 0 Å². The molecule has 14 heavy (non-hydrogen) atoms. The second-order valence-electron chi connectivity index (χ2n) is 4.07. The average Bonchev–Trinajstić information content (AvgIpc) is 2.66. The maximum atomic E-state index is 5.55. The van der Waals surface area contributed by atoms with Crippen molar-refractivity contribution in [1.29, 1.82) is 0 Å². The van der Waals surface area contributed by atoms with Crippen LogP contribution in [0, 0.1) is 0 Å². The van der Waals surface area contributed by atoms with Crippen LogP contribution in [0.25, 0.3) is 0 Å². The summed E-state index contributed by atoms with van der Waals surface area (Å²) in [6.45, 7) is 10.0. The van der Waals surface area contributed by atoms with Gasteiger partial charge in [-0.1, -0.05) is 6.58 Å². The van der Waals surface area contributed by atoms with E-state index in [0.717, 1.165) is 18.8 Å². The Morgan fingerprint density at radius 2 is 2.00 bits per heavy atom. The van der Waals surface area contributed by atoms with Crippen LogP contribution >= 0.6 is 0 Å². The van der Waals surface area contributed by atoms with Gasteiger partial charge in [0.2, 0.25) is 0 Å². The minimum absolute atomic E-state index is 0.126. The number of hydrogen-bond acceptors (Lipinski definition) is 3. The Labute approximate surface area is 86.2 Å². The van der Waals surface area contributed by atoms with Crippen molar-refractivity contribution in [2.45, 2.75) is 32.2 Å². The molecular weight excluding hydrogens is 176 g/mol. The van der Waals surface area contributed by atoms with E-state index < -0.39 is 0 Å². The monoisotopic (exact) mass is 196 g/mol. The van der Waals surface area contributed by atoms with E-state index in [4.69, 9.17) is 10.5 Å². The number of nitrogens with zero attached hydrogens (tertiary/aromatic N) is 1. The van der Waals surface area contributed by atoms with Gasteiger partial charge in [-0.05, 0) is 39.8 Å². The molecule has 0 aliphatic carbocycles. The zero-order chi connectivity index (χ0) is 10.6. The number of ether oxygens (including phenoxy) is 1. The van der Waals surface area contributed by atoms with Gasteiger partial charge >= 0.3 is 0 Å². The first-order chi connectivity index (χ1) is 6.62. The summed E-state index contributed by atoms with van der Waals surface area (Å²) in [5, 5.41) is 0. The van der Waals surface area contributed by atoms with Crippen LogP contribution in [0.3, 0.4) is 0 Å². The third-order valence-corrected chi connectivity index (χ3v) is 2.86. The molecule has 0 spiro atoms. The summed E-state index contributed by atoms with van der Waals surface area (Å²) in [6.07, 6.45) is 5.47. The fourth-order valence-electron chi connectivity index (χ4n) is 1.91. The molecule has 1 aliphatic rings. The van der Waals surface area contributed by atoms with Gasteiger partial charge in [0.15, 0.2) is 0 Å². The molecule has 3 nitrogen and oxygen atoms in total. The van der Waals surface area contributed by atoms with Crippen molar-refractivity contribution in [3.05, 3.63) is 24.8 Å². The van der Waals surface area contributed by atoms with Crippen molar-refractivity contribution in [3.8, 4) is 0 Å². The molecule has 1 aliphatic heterocycles. The van der Waals surface area contributed by atoms with Gasteiger partial charge in [-0.15, -0.1) is 0 Å². The SMILES string of the molecule is C=CO/C(=C\N)C(C)(C)N1CCCC1. The van der Waals surface area contributed by atoms with Gasteiger partial charge in [0.25, 0.3) is 0 Å². The van der Waals surface area contributed by atoms with Crippen molar-refractivity contribution >= 4 is 0 Å². The Balaban J connectivity index is 2.74. The summed E-state index contributed by atoms with van der Waals surface area (Å²) in [5.41, 5.74) is 5.43. The standard InChI is InChI=1S/C11H20N2O/c1-4-14-10(9-12)11(2,3)13-7-5-6-8-13/h4,9H,1,5-8,12H2,2-3H3/b10-9-. The van der Waals surface area contributed by atoms with Gasteiger partial charge in [-0.3, -0.25) is 4.90 Å². The molecule has 0 aromatic rings. The summed E-state index contributed by atoms with van der Waals surface area (Å²) in [7, 11) is 0. The summed E-state index contributed by atoms with van der Waals surface area (Å²) >= 11 is 0. The highest BCUT2D eigenvalue weighted by molar-refractivity contribution is 5.11. The Bertz CT molecular complexity index is 227. The highest BCUT2D eigenvalue weighted by atomic mass is 16.5. The maximum Gasteiger partial charge on any atom is 0.138 e. The highest BCUT2D eigenvalue weighted by Crippen LogP contribution is 2.28. The lowest BCUT2D eigenvalue weighted by molar-refractivity contribution is 0.127. The van der Waals surface area contributed by atoms with E-state index in [1.165, 1.54) is 25.3 Å². The molecule has 0 aromatic carbocycles. The Morgan fingerprint density at radius 1 is 1.43 bits per heavy atom. The van der Waals surface area contributed by atoms with Crippen molar-refractivity contribution in [2.24, 2.45) is 5.73 Å². The summed E-state index contributed by atoms with van der Waals surface area (Å²) in [4.78, 5) is 2.38. The molecule has 3 heteroatoms. The first-order valence-electron chi connectivity index (χ1n) is 5.08. The highest BCUT2D eigenvalue weighted by Gasteiger charge is 2.33. The van der Waals surface area contributed by atoms with Crippen LogP contribution in [0.5, 0.6) is 0 Å². The van der Waals surface area contributed by atoms with Crippen LogP contribution in [0.4, 0.5) is 0 Å². The van der Waals surface area contributed by atoms with Crippen molar-refractivity contribution < 1.29 is 4.74 Å². The molecule has 0 amide bonds. The van der Waals surface area contributed by atoms with Crippen LogP contribution in [0.1, 0.15) is 26.7 Å². The van der Waals surface area contributed by atoms with Crippen LogP contribution in [-0.2, 0) is 4.74 Å². The molecule has 1 heterocycles. The quantitative estimate of drug-likeness (QED) is 0.697. The largest absolute Gasteiger partial charge is 0.467 e. The molecule has 1 rings (SSSR count). The smallest absolute Gasteiger partial charge is 0.138 e. The molecule has 80 valence electrons. The molecule has 0 atom stereocenters. The van der Waals surface area contributed by atoms with Gasteiger partial charge in [0.05, 0.1) is 11.8 Å². The van der Waals surface area contributed by atoms with Gasteiger partial charge in [-0.25, -0.2) is 0 Å². The maximum absolute atomic E-state index is 5.55. The average molecular weight is 196 g/mol. The molecule has 1 fully saturated rings. The molecule has 0 bridgehead atoms. The summed E-state index contributed by atoms with van der Waals surface area (Å²) in [5.74, 6) is 0.773. The first kappa shape index (κ1) is 11.1. The molecule has 0 unspecified atom stereocenters. The Morgan fingerprint density at radius 3 is 2.43 bits per heavy atom. The fourth-order valence-corrected chi connectivity index (χ4v) is 1.91. The summed E-state index contributed by atoms with van der Waals surface area (Å²) < 4.78 is 5.33. The number of nitrogens with two attached hydrogens (primary N) is 1. The Kier molecular flexibility index (Phi) is 3.58. The third kappa shape index (κ3) is 2.10. The Hall–Kier alpha value is -0.960. The van der Waals surface area contributed by atoms with E-state index in [2.05, 4.69) is 25.3 Å². The van der Waals surface area contributed by atoms with Gasteiger partial charge in [0, 0.05) is 6.20 Å². The molecule has 0 radical (unpaired) electrons. The second-order valence-corrected chi connectivity index (χ2v) is 4.07. The molecule has 0 aromatic heterocycles. The lowest BCUT2D eigenvalue weighted by Crippen LogP contribution is -2.44. The van der Waals surface area contributed by atoms with Crippen LogP contribution in [-0.4, -0.2) is 23.5 Å². The topological polar surface area (TPSA) is 38.5 Å². The molecular formula is C11H20N2O. The summed E-state index contributed by atoms with van der Waals surface area (Å²) in [6, 6.07) is 0. The van der Waals surface area contributed by atoms with Crippen molar-refractivity contribution in [2.75, 3.05) is 13.1 Å². The van der Waals surface area contributed by atoms with E-state index in [9.17, 15) is 0 Å². The zero-order valence-corrected chi connectivity index (χ0v) is 9.12. The van der Waals surface area contributed by atoms with Crippen molar-refractivity contribution in [1.82, 2.24) is 4.90 Å². The van der Waals surface area contributed by atoms with E-state index in [1.54, 1.807) is 0 Å². The second kappa shape index (κ2) is 4.51. The zero-order valence-electron chi connectivity index (χ0n) is 9.12. The predicted molar refractivity (Wildman–Crippen MR) is 58.4 cm³/mol. The van der Waals surface area contributed by atoms with Crippen LogP contribution in [0.15, 0.2) is 24.8 Å². The molecule has 1 saturated heterocycles. The normalized spacial score (nSPS) is 19.7. The molecule has 2 N–H and O–H groups in total. The number of hydrogen-bond donors (Lipinski definition) is 1. The van der Waals surface area contributed by atoms with E-state index in [1.807, 2.05) is 0 Å². The van der Waals surface area contributed by atoms with Gasteiger partial charge < -0.3 is 10.5 Å².